The number of ether oxygens (including phenoxy) is 1. The first kappa shape index (κ1) is 24.6. The molecule has 4 aromatic rings. The SMILES string of the molecule is COc1ccccc1-n1c(-c2ccc(Cl)cc2Cl)nn(CC(=O)Nc2cc(Cl)ccc2Cl)c1=S. The maximum absolute atomic E-state index is 12.8. The number of nitrogens with one attached hydrogen (secondary N) is 1. The maximum atomic E-state index is 12.8. The van der Waals surface area contributed by atoms with E-state index < -0.39 is 5.91 Å². The predicted molar refractivity (Wildman–Crippen MR) is 139 cm³/mol. The second-order valence-electron chi connectivity index (χ2n) is 7.07. The van der Waals surface area contributed by atoms with E-state index in [2.05, 4.69) is 10.4 Å². The van der Waals surface area contributed by atoms with Gasteiger partial charge in [0.15, 0.2) is 5.82 Å². The molecule has 34 heavy (non-hydrogen) atoms. The molecule has 0 aliphatic carbocycles. The fourth-order valence-electron chi connectivity index (χ4n) is 3.31. The van der Waals surface area contributed by atoms with Gasteiger partial charge in [0.1, 0.15) is 12.3 Å². The van der Waals surface area contributed by atoms with E-state index in [1.165, 1.54) is 4.68 Å². The van der Waals surface area contributed by atoms with Crippen molar-refractivity contribution in [3.8, 4) is 22.8 Å². The molecule has 0 fully saturated rings. The van der Waals surface area contributed by atoms with E-state index in [4.69, 9.17) is 63.4 Å². The summed E-state index contributed by atoms with van der Waals surface area (Å²) in [5.41, 5.74) is 1.61. The first-order chi connectivity index (χ1) is 16.3. The van der Waals surface area contributed by atoms with Crippen LogP contribution < -0.4 is 10.1 Å². The number of amides is 1. The van der Waals surface area contributed by atoms with Crippen molar-refractivity contribution in [3.05, 3.63) is 85.5 Å². The van der Waals surface area contributed by atoms with Crippen molar-refractivity contribution in [1.29, 1.82) is 0 Å². The zero-order valence-electron chi connectivity index (χ0n) is 17.6. The fourth-order valence-corrected chi connectivity index (χ4v) is 4.43. The van der Waals surface area contributed by atoms with Crippen LogP contribution >= 0.6 is 58.6 Å². The van der Waals surface area contributed by atoms with Crippen LogP contribution in [0.3, 0.4) is 0 Å². The van der Waals surface area contributed by atoms with E-state index in [1.807, 2.05) is 18.2 Å². The van der Waals surface area contributed by atoms with E-state index in [0.29, 0.717) is 48.6 Å². The average Bonchev–Trinajstić information content (AvgIpc) is 3.11. The van der Waals surface area contributed by atoms with Crippen LogP contribution in [0.25, 0.3) is 17.1 Å². The number of hydrogen-bond acceptors (Lipinski definition) is 4. The van der Waals surface area contributed by atoms with Crippen molar-refractivity contribution in [1.82, 2.24) is 14.3 Å². The van der Waals surface area contributed by atoms with E-state index >= 15 is 0 Å². The Hall–Kier alpha value is -2.55. The van der Waals surface area contributed by atoms with Crippen LogP contribution in [0.15, 0.2) is 60.7 Å². The van der Waals surface area contributed by atoms with Gasteiger partial charge in [0.25, 0.3) is 0 Å². The molecule has 4 rings (SSSR count). The van der Waals surface area contributed by atoms with Gasteiger partial charge in [0.2, 0.25) is 10.7 Å². The molecule has 0 atom stereocenters. The summed E-state index contributed by atoms with van der Waals surface area (Å²) in [6.45, 7) is -0.179. The molecule has 1 heterocycles. The lowest BCUT2D eigenvalue weighted by molar-refractivity contribution is -0.116. The van der Waals surface area contributed by atoms with Gasteiger partial charge in [-0.2, -0.15) is 5.10 Å². The second-order valence-corrected chi connectivity index (χ2v) is 9.12. The number of carbonyl (C=O) groups is 1. The number of hydrogen-bond donors (Lipinski definition) is 1. The molecule has 0 saturated heterocycles. The van der Waals surface area contributed by atoms with Gasteiger partial charge < -0.3 is 10.1 Å². The highest BCUT2D eigenvalue weighted by molar-refractivity contribution is 7.71. The molecular weight excluding hydrogens is 538 g/mol. The molecular formula is C23H16Cl4N4O2S. The lowest BCUT2D eigenvalue weighted by Crippen LogP contribution is -2.20. The molecule has 1 N–H and O–H groups in total. The van der Waals surface area contributed by atoms with Crippen LogP contribution in [0.5, 0.6) is 5.75 Å². The third kappa shape index (κ3) is 5.09. The topological polar surface area (TPSA) is 61.1 Å². The molecule has 0 aliphatic rings. The first-order valence-electron chi connectivity index (χ1n) is 9.82. The highest BCUT2D eigenvalue weighted by Gasteiger charge is 2.21. The Morgan fingerprint density at radius 1 is 1.00 bits per heavy atom. The minimum Gasteiger partial charge on any atom is -0.495 e. The van der Waals surface area contributed by atoms with Crippen molar-refractivity contribution >= 4 is 70.2 Å². The molecule has 3 aromatic carbocycles. The molecule has 1 aromatic heterocycles. The molecule has 0 radical (unpaired) electrons. The summed E-state index contributed by atoms with van der Waals surface area (Å²) in [7, 11) is 1.56. The Bertz CT molecular complexity index is 1450. The van der Waals surface area contributed by atoms with Gasteiger partial charge in [-0.05, 0) is 60.7 Å². The minimum atomic E-state index is -0.390. The van der Waals surface area contributed by atoms with Crippen LogP contribution in [0, 0.1) is 4.77 Å². The van der Waals surface area contributed by atoms with Gasteiger partial charge in [0.05, 0.1) is 28.5 Å². The Balaban J connectivity index is 1.80. The standard InChI is InChI=1S/C23H16Cl4N4O2S/c1-33-20-5-3-2-4-19(20)31-22(15-8-6-13(24)10-17(15)27)29-30(23(31)34)12-21(32)28-18-11-14(25)7-9-16(18)26/h2-11H,12H2,1H3,(H,28,32). The molecule has 1 amide bonds. The van der Waals surface area contributed by atoms with E-state index in [9.17, 15) is 4.79 Å². The number of methoxy groups -OCH3 is 1. The summed E-state index contributed by atoms with van der Waals surface area (Å²) in [6, 6.07) is 17.2. The van der Waals surface area contributed by atoms with Crippen LogP contribution in [0.1, 0.15) is 0 Å². The van der Waals surface area contributed by atoms with Gasteiger partial charge in [0, 0.05) is 15.6 Å². The number of para-hydroxylation sites is 2. The molecule has 11 heteroatoms. The Kier molecular flexibility index (Phi) is 7.50. The molecule has 0 unspecified atom stereocenters. The molecule has 0 aliphatic heterocycles. The Morgan fingerprint density at radius 2 is 1.71 bits per heavy atom. The largest absolute Gasteiger partial charge is 0.495 e. The van der Waals surface area contributed by atoms with Crippen molar-refractivity contribution in [3.63, 3.8) is 0 Å². The molecule has 0 saturated carbocycles. The van der Waals surface area contributed by atoms with Crippen molar-refractivity contribution in [2.75, 3.05) is 12.4 Å². The normalized spacial score (nSPS) is 10.9. The second kappa shape index (κ2) is 10.4. The quantitative estimate of drug-likeness (QED) is 0.254. The third-order valence-corrected chi connectivity index (χ3v) is 6.34. The van der Waals surface area contributed by atoms with Crippen LogP contribution in [0.4, 0.5) is 5.69 Å². The van der Waals surface area contributed by atoms with Crippen molar-refractivity contribution < 1.29 is 9.53 Å². The summed E-state index contributed by atoms with van der Waals surface area (Å²) in [5, 5.41) is 9.01. The number of carbonyl (C=O) groups excluding carboxylic acids is 1. The zero-order valence-corrected chi connectivity index (χ0v) is 21.4. The van der Waals surface area contributed by atoms with Gasteiger partial charge in [-0.25, -0.2) is 4.68 Å². The van der Waals surface area contributed by atoms with Gasteiger partial charge in [-0.3, -0.25) is 9.36 Å². The smallest absolute Gasteiger partial charge is 0.246 e. The van der Waals surface area contributed by atoms with Crippen LogP contribution in [0.2, 0.25) is 20.1 Å². The number of nitrogens with zero attached hydrogens (tertiary/aromatic N) is 3. The summed E-state index contributed by atoms with van der Waals surface area (Å²) in [4.78, 5) is 12.8. The number of benzene rings is 3. The minimum absolute atomic E-state index is 0.179. The summed E-state index contributed by atoms with van der Waals surface area (Å²) < 4.78 is 8.88. The van der Waals surface area contributed by atoms with E-state index in [-0.39, 0.29) is 11.3 Å². The monoisotopic (exact) mass is 552 g/mol. The summed E-state index contributed by atoms with van der Waals surface area (Å²) >= 11 is 30.5. The number of aromatic nitrogens is 3. The highest BCUT2D eigenvalue weighted by atomic mass is 35.5. The first-order valence-corrected chi connectivity index (χ1v) is 11.7. The Morgan fingerprint density at radius 3 is 2.44 bits per heavy atom. The molecule has 0 spiro atoms. The van der Waals surface area contributed by atoms with Crippen LogP contribution in [-0.2, 0) is 11.3 Å². The zero-order chi connectivity index (χ0) is 24.4. The third-order valence-electron chi connectivity index (χ3n) is 4.83. The number of halogens is 4. The average molecular weight is 554 g/mol. The molecule has 6 nitrogen and oxygen atoms in total. The predicted octanol–water partition coefficient (Wildman–Crippen LogP) is 7.33. The fraction of sp³-hybridized carbons (Fsp3) is 0.0870. The van der Waals surface area contributed by atoms with Gasteiger partial charge >= 0.3 is 0 Å². The molecule has 0 bridgehead atoms. The lowest BCUT2D eigenvalue weighted by Gasteiger charge is -2.12. The maximum Gasteiger partial charge on any atom is 0.246 e. The van der Waals surface area contributed by atoms with Crippen molar-refractivity contribution in [2.24, 2.45) is 0 Å². The Labute approximate surface area is 220 Å². The van der Waals surface area contributed by atoms with Crippen molar-refractivity contribution in [2.45, 2.75) is 6.54 Å². The summed E-state index contributed by atoms with van der Waals surface area (Å²) in [5.74, 6) is 0.600. The molecule has 174 valence electrons. The lowest BCUT2D eigenvalue weighted by atomic mass is 10.2. The van der Waals surface area contributed by atoms with E-state index in [0.717, 1.165) is 0 Å². The van der Waals surface area contributed by atoms with Crippen LogP contribution in [-0.4, -0.2) is 27.4 Å². The van der Waals surface area contributed by atoms with E-state index in [1.54, 1.807) is 54.1 Å². The van der Waals surface area contributed by atoms with Gasteiger partial charge in [-0.15, -0.1) is 0 Å². The number of rotatable bonds is 6. The number of anilines is 1. The summed E-state index contributed by atoms with van der Waals surface area (Å²) in [6.07, 6.45) is 0. The van der Waals surface area contributed by atoms with Gasteiger partial charge in [-0.1, -0.05) is 58.5 Å². The highest BCUT2D eigenvalue weighted by Crippen LogP contribution is 2.33.